The van der Waals surface area contributed by atoms with E-state index in [0.29, 0.717) is 54.0 Å². The molecule has 1 aromatic carbocycles. The number of carbonyl (C=O) groups excluding carboxylic acids is 1. The van der Waals surface area contributed by atoms with Gasteiger partial charge in [-0.05, 0) is 67.0 Å². The van der Waals surface area contributed by atoms with E-state index in [-0.39, 0.29) is 11.8 Å². The normalized spacial score (nSPS) is 19.1. The molecule has 36 heavy (non-hydrogen) atoms. The molecule has 2 N–H and O–H groups in total. The van der Waals surface area contributed by atoms with Crippen LogP contribution in [0.3, 0.4) is 0 Å². The van der Waals surface area contributed by atoms with Gasteiger partial charge in [-0.1, -0.05) is 13.8 Å². The number of carbonyl (C=O) groups is 1. The molecule has 1 saturated heterocycles. The molecule has 1 saturated carbocycles. The van der Waals surface area contributed by atoms with Crippen molar-refractivity contribution in [2.75, 3.05) is 32.5 Å². The van der Waals surface area contributed by atoms with Crippen LogP contribution in [0.2, 0.25) is 0 Å². The van der Waals surface area contributed by atoms with Crippen LogP contribution in [-0.4, -0.2) is 52.8 Å². The Bertz CT molecular complexity index is 1220. The fourth-order valence-electron chi connectivity index (χ4n) is 4.87. The molecule has 8 heteroatoms. The van der Waals surface area contributed by atoms with E-state index in [1.807, 2.05) is 41.3 Å². The maximum absolute atomic E-state index is 13.2. The first-order valence-electron chi connectivity index (χ1n) is 12.5. The summed E-state index contributed by atoms with van der Waals surface area (Å²) < 4.78 is 11.5. The van der Waals surface area contributed by atoms with Crippen LogP contribution in [0.15, 0.2) is 48.7 Å². The number of pyridine rings is 1. The van der Waals surface area contributed by atoms with Crippen molar-refractivity contribution in [3.05, 3.63) is 59.9 Å². The maximum Gasteiger partial charge on any atom is 0.253 e. The van der Waals surface area contributed by atoms with Crippen molar-refractivity contribution in [3.8, 4) is 22.8 Å². The number of likely N-dealkylation sites (tertiary alicyclic amines) is 1. The fraction of sp³-hybridized carbons (Fsp3) is 0.429. The molecule has 3 aromatic rings. The van der Waals surface area contributed by atoms with Crippen molar-refractivity contribution < 1.29 is 14.3 Å². The zero-order valence-electron chi connectivity index (χ0n) is 21.1. The van der Waals surface area contributed by atoms with Crippen LogP contribution >= 0.6 is 0 Å². The number of rotatable bonds is 7. The minimum absolute atomic E-state index is 0.00608. The zero-order valence-corrected chi connectivity index (χ0v) is 21.1. The van der Waals surface area contributed by atoms with Crippen LogP contribution in [0.1, 0.15) is 55.1 Å². The predicted molar refractivity (Wildman–Crippen MR) is 138 cm³/mol. The molecule has 1 aliphatic carbocycles. The minimum atomic E-state index is 0.00608. The molecule has 3 heterocycles. The smallest absolute Gasteiger partial charge is 0.253 e. The van der Waals surface area contributed by atoms with E-state index in [2.05, 4.69) is 29.0 Å². The van der Waals surface area contributed by atoms with Crippen molar-refractivity contribution in [1.82, 2.24) is 20.1 Å². The molecule has 2 fully saturated rings. The van der Waals surface area contributed by atoms with Gasteiger partial charge < -0.3 is 20.1 Å². The third kappa shape index (κ3) is 5.12. The summed E-state index contributed by atoms with van der Waals surface area (Å²) in [6, 6.07) is 13.2. The summed E-state index contributed by atoms with van der Waals surface area (Å²) in [7, 11) is 1.62. The first-order valence-corrected chi connectivity index (χ1v) is 12.5. The molecule has 188 valence electrons. The summed E-state index contributed by atoms with van der Waals surface area (Å²) in [6.07, 6.45) is 4.68. The average molecular weight is 488 g/mol. The minimum Gasteiger partial charge on any atom is -0.496 e. The lowest BCUT2D eigenvalue weighted by Gasteiger charge is -2.31. The second kappa shape index (κ2) is 9.76. The first-order chi connectivity index (χ1) is 17.3. The van der Waals surface area contributed by atoms with Crippen molar-refractivity contribution in [3.63, 3.8) is 0 Å². The van der Waals surface area contributed by atoms with Crippen LogP contribution in [0, 0.1) is 11.3 Å². The Morgan fingerprint density at radius 2 is 1.89 bits per heavy atom. The van der Waals surface area contributed by atoms with Crippen LogP contribution < -0.4 is 15.2 Å². The summed E-state index contributed by atoms with van der Waals surface area (Å²) in [6.45, 7) is 6.56. The number of benzene rings is 1. The standard InChI is InChI=1S/C28H33N5O3/c1-28(2)15-21(28)17-36-26-9-5-20(16-30-26)22-6-4-19(14-24(22)35-3)27(34)33-12-10-18(11-13-33)23-7-8-25(29)32-31-23/h4-9,14,16,18,21H,10-13,15,17H2,1-3H3,(H2,29,32). The number of methoxy groups -OCH3 is 1. The molecule has 1 amide bonds. The highest BCUT2D eigenvalue weighted by Crippen LogP contribution is 2.51. The Hall–Kier alpha value is -3.68. The third-order valence-electron chi connectivity index (χ3n) is 7.55. The maximum atomic E-state index is 13.2. The molecule has 2 aromatic heterocycles. The lowest BCUT2D eigenvalue weighted by Crippen LogP contribution is -2.38. The van der Waals surface area contributed by atoms with Crippen LogP contribution in [-0.2, 0) is 0 Å². The SMILES string of the molecule is COc1cc(C(=O)N2CCC(c3ccc(N)nn3)CC2)ccc1-c1ccc(OCC2CC2(C)C)nc1. The lowest BCUT2D eigenvalue weighted by molar-refractivity contribution is 0.0711. The van der Waals surface area contributed by atoms with Gasteiger partial charge in [0.25, 0.3) is 5.91 Å². The van der Waals surface area contributed by atoms with E-state index in [1.54, 1.807) is 19.4 Å². The summed E-state index contributed by atoms with van der Waals surface area (Å²) in [5.74, 6) is 2.58. The molecule has 0 bridgehead atoms. The van der Waals surface area contributed by atoms with E-state index in [4.69, 9.17) is 15.2 Å². The highest BCUT2D eigenvalue weighted by atomic mass is 16.5. The van der Waals surface area contributed by atoms with Gasteiger partial charge >= 0.3 is 0 Å². The Kier molecular flexibility index (Phi) is 6.51. The number of nitrogens with two attached hydrogens (primary N) is 1. The highest BCUT2D eigenvalue weighted by molar-refractivity contribution is 5.95. The van der Waals surface area contributed by atoms with Gasteiger partial charge in [0.15, 0.2) is 0 Å². The van der Waals surface area contributed by atoms with Crippen molar-refractivity contribution in [2.24, 2.45) is 11.3 Å². The third-order valence-corrected chi connectivity index (χ3v) is 7.55. The molecule has 0 radical (unpaired) electrons. The number of amides is 1. The fourth-order valence-corrected chi connectivity index (χ4v) is 4.87. The molecule has 8 nitrogen and oxygen atoms in total. The van der Waals surface area contributed by atoms with Crippen LogP contribution in [0.4, 0.5) is 5.82 Å². The summed E-state index contributed by atoms with van der Waals surface area (Å²) >= 11 is 0. The van der Waals surface area contributed by atoms with Crippen molar-refractivity contribution in [1.29, 1.82) is 0 Å². The number of hydrogen-bond acceptors (Lipinski definition) is 7. The summed E-state index contributed by atoms with van der Waals surface area (Å²) in [4.78, 5) is 19.6. The molecule has 1 aliphatic heterocycles. The van der Waals surface area contributed by atoms with Gasteiger partial charge in [-0.2, -0.15) is 5.10 Å². The van der Waals surface area contributed by atoms with Crippen LogP contribution in [0.5, 0.6) is 11.6 Å². The van der Waals surface area contributed by atoms with Gasteiger partial charge in [0, 0.05) is 48.0 Å². The second-order valence-electron chi connectivity index (χ2n) is 10.5. The zero-order chi connectivity index (χ0) is 25.3. The number of hydrogen-bond donors (Lipinski definition) is 1. The Morgan fingerprint density at radius 1 is 1.11 bits per heavy atom. The monoisotopic (exact) mass is 487 g/mol. The van der Waals surface area contributed by atoms with Crippen LogP contribution in [0.25, 0.3) is 11.1 Å². The topological polar surface area (TPSA) is 103 Å². The van der Waals surface area contributed by atoms with E-state index in [0.717, 1.165) is 29.7 Å². The molecular weight excluding hydrogens is 454 g/mol. The van der Waals surface area contributed by atoms with Gasteiger partial charge in [-0.3, -0.25) is 4.79 Å². The number of anilines is 1. The molecule has 1 unspecified atom stereocenters. The van der Waals surface area contributed by atoms with Crippen molar-refractivity contribution >= 4 is 11.7 Å². The molecule has 5 rings (SSSR count). The van der Waals surface area contributed by atoms with E-state index >= 15 is 0 Å². The molecule has 2 aliphatic rings. The van der Waals surface area contributed by atoms with Gasteiger partial charge in [0.05, 0.1) is 19.4 Å². The van der Waals surface area contributed by atoms with Gasteiger partial charge in [0.2, 0.25) is 5.88 Å². The number of aromatic nitrogens is 3. The Labute approximate surface area is 211 Å². The summed E-state index contributed by atoms with van der Waals surface area (Å²) in [5, 5.41) is 8.17. The lowest BCUT2D eigenvalue weighted by atomic mass is 9.93. The number of ether oxygens (including phenoxy) is 2. The van der Waals surface area contributed by atoms with E-state index < -0.39 is 0 Å². The Balaban J connectivity index is 1.22. The van der Waals surface area contributed by atoms with E-state index in [9.17, 15) is 4.79 Å². The number of nitrogen functional groups attached to an aromatic ring is 1. The quantitative estimate of drug-likeness (QED) is 0.520. The van der Waals surface area contributed by atoms with Gasteiger partial charge in [0.1, 0.15) is 11.6 Å². The van der Waals surface area contributed by atoms with E-state index in [1.165, 1.54) is 6.42 Å². The van der Waals surface area contributed by atoms with Gasteiger partial charge in [-0.25, -0.2) is 4.98 Å². The Morgan fingerprint density at radius 3 is 2.50 bits per heavy atom. The molecular formula is C28H33N5O3. The average Bonchev–Trinajstić information content (AvgIpc) is 3.53. The molecule has 0 spiro atoms. The summed E-state index contributed by atoms with van der Waals surface area (Å²) in [5.41, 5.74) is 9.37. The number of nitrogens with zero attached hydrogens (tertiary/aromatic N) is 4. The van der Waals surface area contributed by atoms with Gasteiger partial charge in [-0.15, -0.1) is 5.10 Å². The first kappa shape index (κ1) is 24.0. The molecule has 1 atom stereocenters. The predicted octanol–water partition coefficient (Wildman–Crippen LogP) is 4.57. The largest absolute Gasteiger partial charge is 0.496 e. The number of piperidine rings is 1. The highest BCUT2D eigenvalue weighted by Gasteiger charge is 2.45. The van der Waals surface area contributed by atoms with Crippen molar-refractivity contribution in [2.45, 2.75) is 39.0 Å². The second-order valence-corrected chi connectivity index (χ2v) is 10.5.